The fourth-order valence-electron chi connectivity index (χ4n) is 1.49. The van der Waals surface area contributed by atoms with Crippen LogP contribution >= 0.6 is 11.3 Å². The third kappa shape index (κ3) is 1.72. The maximum Gasteiger partial charge on any atom is 0.138 e. The van der Waals surface area contributed by atoms with Crippen LogP contribution in [0.1, 0.15) is 10.4 Å². The zero-order valence-electron chi connectivity index (χ0n) is 8.87. The number of thiophene rings is 1. The van der Waals surface area contributed by atoms with Gasteiger partial charge >= 0.3 is 0 Å². The average Bonchev–Trinajstić information content (AvgIpc) is 2.53. The van der Waals surface area contributed by atoms with E-state index in [-0.39, 0.29) is 0 Å². The van der Waals surface area contributed by atoms with E-state index < -0.39 is 0 Å². The molecular formula is C11H13N3S. The first-order chi connectivity index (χ1) is 7.24. The van der Waals surface area contributed by atoms with Crippen LogP contribution < -0.4 is 5.32 Å². The van der Waals surface area contributed by atoms with E-state index in [2.05, 4.69) is 35.7 Å². The maximum atomic E-state index is 4.27. The SMILES string of the molecule is C=CCNc1ncnc2sc(C)c(C)c12. The molecule has 0 saturated carbocycles. The first-order valence-electron chi connectivity index (χ1n) is 4.79. The van der Waals surface area contributed by atoms with E-state index in [1.807, 2.05) is 6.08 Å². The van der Waals surface area contributed by atoms with Crippen LogP contribution in [0.25, 0.3) is 10.2 Å². The Kier molecular flexibility index (Phi) is 2.68. The van der Waals surface area contributed by atoms with Crippen molar-refractivity contribution < 1.29 is 0 Å². The number of aromatic nitrogens is 2. The van der Waals surface area contributed by atoms with Crippen LogP contribution in [-0.4, -0.2) is 16.5 Å². The Morgan fingerprint density at radius 2 is 2.27 bits per heavy atom. The lowest BCUT2D eigenvalue weighted by Crippen LogP contribution is -2.01. The highest BCUT2D eigenvalue weighted by Crippen LogP contribution is 2.32. The number of rotatable bonds is 3. The molecular weight excluding hydrogens is 206 g/mol. The van der Waals surface area contributed by atoms with E-state index >= 15 is 0 Å². The molecule has 3 nitrogen and oxygen atoms in total. The summed E-state index contributed by atoms with van der Waals surface area (Å²) < 4.78 is 0. The molecule has 0 spiro atoms. The predicted molar refractivity (Wildman–Crippen MR) is 65.6 cm³/mol. The Bertz CT molecular complexity index is 502. The molecule has 2 aromatic heterocycles. The zero-order valence-corrected chi connectivity index (χ0v) is 9.69. The van der Waals surface area contributed by atoms with Crippen molar-refractivity contribution in [2.75, 3.05) is 11.9 Å². The third-order valence-corrected chi connectivity index (χ3v) is 3.49. The molecule has 0 aromatic carbocycles. The quantitative estimate of drug-likeness (QED) is 0.807. The number of anilines is 1. The Balaban J connectivity index is 2.58. The second-order valence-corrected chi connectivity index (χ2v) is 4.56. The van der Waals surface area contributed by atoms with E-state index in [1.165, 1.54) is 10.4 Å². The van der Waals surface area contributed by atoms with E-state index in [1.54, 1.807) is 17.7 Å². The fraction of sp³-hybridized carbons (Fsp3) is 0.273. The highest BCUT2D eigenvalue weighted by molar-refractivity contribution is 7.18. The molecule has 78 valence electrons. The summed E-state index contributed by atoms with van der Waals surface area (Å²) in [6.07, 6.45) is 3.42. The zero-order chi connectivity index (χ0) is 10.8. The van der Waals surface area contributed by atoms with E-state index in [0.29, 0.717) is 0 Å². The molecule has 0 aliphatic carbocycles. The van der Waals surface area contributed by atoms with Crippen LogP contribution in [0.5, 0.6) is 0 Å². The molecule has 0 aliphatic rings. The molecule has 4 heteroatoms. The number of hydrogen-bond donors (Lipinski definition) is 1. The van der Waals surface area contributed by atoms with Gasteiger partial charge in [0.1, 0.15) is 17.0 Å². The summed E-state index contributed by atoms with van der Waals surface area (Å²) in [5, 5.41) is 4.37. The average molecular weight is 219 g/mol. The topological polar surface area (TPSA) is 37.8 Å². The minimum absolute atomic E-state index is 0.723. The van der Waals surface area contributed by atoms with Gasteiger partial charge in [-0.3, -0.25) is 0 Å². The van der Waals surface area contributed by atoms with Gasteiger partial charge in [0, 0.05) is 11.4 Å². The van der Waals surface area contributed by atoms with Crippen molar-refractivity contribution in [1.29, 1.82) is 0 Å². The van der Waals surface area contributed by atoms with Crippen LogP contribution in [0.4, 0.5) is 5.82 Å². The molecule has 0 bridgehead atoms. The number of nitrogens with one attached hydrogen (secondary N) is 1. The van der Waals surface area contributed by atoms with Gasteiger partial charge in [0.2, 0.25) is 0 Å². The molecule has 0 saturated heterocycles. The smallest absolute Gasteiger partial charge is 0.138 e. The second kappa shape index (κ2) is 3.98. The Morgan fingerprint density at radius 1 is 1.47 bits per heavy atom. The summed E-state index contributed by atoms with van der Waals surface area (Å²) in [6, 6.07) is 0. The fourth-order valence-corrected chi connectivity index (χ4v) is 2.48. The molecule has 0 amide bonds. The van der Waals surface area contributed by atoms with Crippen molar-refractivity contribution in [3.63, 3.8) is 0 Å². The third-order valence-electron chi connectivity index (χ3n) is 2.38. The molecule has 0 radical (unpaired) electrons. The molecule has 1 N–H and O–H groups in total. The molecule has 0 fully saturated rings. The van der Waals surface area contributed by atoms with Crippen molar-refractivity contribution in [3.05, 3.63) is 29.4 Å². The Hall–Kier alpha value is -1.42. The number of fused-ring (bicyclic) bond motifs is 1. The van der Waals surface area contributed by atoms with Crippen molar-refractivity contribution in [2.45, 2.75) is 13.8 Å². The number of nitrogens with zero attached hydrogens (tertiary/aromatic N) is 2. The standard InChI is InChI=1S/C11H13N3S/c1-4-5-12-10-9-7(2)8(3)15-11(9)14-6-13-10/h4,6H,1,5H2,2-3H3,(H,12,13,14). The van der Waals surface area contributed by atoms with Gasteiger partial charge in [0.15, 0.2) is 0 Å². The largest absolute Gasteiger partial charge is 0.366 e. The van der Waals surface area contributed by atoms with Gasteiger partial charge in [-0.25, -0.2) is 9.97 Å². The summed E-state index contributed by atoms with van der Waals surface area (Å²) in [5.74, 6) is 0.904. The number of hydrogen-bond acceptors (Lipinski definition) is 4. The van der Waals surface area contributed by atoms with E-state index in [4.69, 9.17) is 0 Å². The van der Waals surface area contributed by atoms with Gasteiger partial charge in [-0.1, -0.05) is 6.08 Å². The highest BCUT2D eigenvalue weighted by atomic mass is 32.1. The minimum Gasteiger partial charge on any atom is -0.366 e. The normalized spacial score (nSPS) is 10.5. The van der Waals surface area contributed by atoms with Gasteiger partial charge in [-0.15, -0.1) is 17.9 Å². The molecule has 0 atom stereocenters. The molecule has 2 heterocycles. The second-order valence-electron chi connectivity index (χ2n) is 3.36. The Morgan fingerprint density at radius 3 is 3.00 bits per heavy atom. The summed E-state index contributed by atoms with van der Waals surface area (Å²) in [7, 11) is 0. The van der Waals surface area contributed by atoms with E-state index in [9.17, 15) is 0 Å². The van der Waals surface area contributed by atoms with Crippen molar-refractivity contribution in [3.8, 4) is 0 Å². The molecule has 15 heavy (non-hydrogen) atoms. The Labute approximate surface area is 92.9 Å². The highest BCUT2D eigenvalue weighted by Gasteiger charge is 2.10. The summed E-state index contributed by atoms with van der Waals surface area (Å²) in [4.78, 5) is 10.9. The maximum absolute atomic E-state index is 4.27. The van der Waals surface area contributed by atoms with Crippen molar-refractivity contribution >= 4 is 27.4 Å². The lowest BCUT2D eigenvalue weighted by molar-refractivity contribution is 1.19. The summed E-state index contributed by atoms with van der Waals surface area (Å²) >= 11 is 1.71. The first-order valence-corrected chi connectivity index (χ1v) is 5.61. The summed E-state index contributed by atoms with van der Waals surface area (Å²) in [5.41, 5.74) is 1.27. The van der Waals surface area contributed by atoms with Crippen LogP contribution in [-0.2, 0) is 0 Å². The van der Waals surface area contributed by atoms with Crippen LogP contribution in [0.2, 0.25) is 0 Å². The minimum atomic E-state index is 0.723. The van der Waals surface area contributed by atoms with Crippen LogP contribution in [0.15, 0.2) is 19.0 Å². The van der Waals surface area contributed by atoms with Crippen molar-refractivity contribution in [2.24, 2.45) is 0 Å². The summed E-state index contributed by atoms with van der Waals surface area (Å²) in [6.45, 7) is 8.62. The molecule has 2 aromatic rings. The van der Waals surface area contributed by atoms with E-state index in [0.717, 1.165) is 22.6 Å². The first kappa shape index (κ1) is 10.1. The van der Waals surface area contributed by atoms with Gasteiger partial charge in [-0.05, 0) is 19.4 Å². The van der Waals surface area contributed by atoms with Gasteiger partial charge in [0.25, 0.3) is 0 Å². The monoisotopic (exact) mass is 219 g/mol. The predicted octanol–water partition coefficient (Wildman–Crippen LogP) is 2.91. The van der Waals surface area contributed by atoms with Crippen LogP contribution in [0.3, 0.4) is 0 Å². The van der Waals surface area contributed by atoms with Crippen LogP contribution in [0, 0.1) is 13.8 Å². The molecule has 0 unspecified atom stereocenters. The molecule has 2 rings (SSSR count). The number of aryl methyl sites for hydroxylation is 2. The van der Waals surface area contributed by atoms with Gasteiger partial charge in [-0.2, -0.15) is 0 Å². The van der Waals surface area contributed by atoms with Gasteiger partial charge < -0.3 is 5.32 Å². The lowest BCUT2D eigenvalue weighted by Gasteiger charge is -2.03. The van der Waals surface area contributed by atoms with Crippen molar-refractivity contribution in [1.82, 2.24) is 9.97 Å². The lowest BCUT2D eigenvalue weighted by atomic mass is 10.2. The molecule has 0 aliphatic heterocycles. The van der Waals surface area contributed by atoms with Gasteiger partial charge in [0.05, 0.1) is 5.39 Å².